The minimum atomic E-state index is -4.13. The van der Waals surface area contributed by atoms with Crippen LogP contribution in [0.1, 0.15) is 64.2 Å². The monoisotopic (exact) mass is 448 g/mol. The predicted molar refractivity (Wildman–Crippen MR) is 113 cm³/mol. The van der Waals surface area contributed by atoms with E-state index in [-0.39, 0.29) is 23.6 Å². The molecule has 0 saturated heterocycles. The Balaban J connectivity index is 2.04. The van der Waals surface area contributed by atoms with Crippen LogP contribution in [-0.4, -0.2) is 25.5 Å². The summed E-state index contributed by atoms with van der Waals surface area (Å²) in [5.41, 5.74) is 0.298. The highest BCUT2D eigenvalue weighted by atomic mass is 35.5. The van der Waals surface area contributed by atoms with Crippen LogP contribution < -0.4 is 10.0 Å². The smallest absolute Gasteiger partial charge is 0.307 e. The highest BCUT2D eigenvalue weighted by Gasteiger charge is 2.33. The molecular formula is C19H26Cl2N2O4S. The van der Waals surface area contributed by atoms with Crippen molar-refractivity contribution in [3.63, 3.8) is 0 Å². The van der Waals surface area contributed by atoms with Crippen molar-refractivity contribution in [2.24, 2.45) is 0 Å². The molecule has 0 radical (unpaired) electrons. The number of Topliss-reactive ketones (excluding diaryl/α,β-unsaturated/α-hetero) is 1. The third kappa shape index (κ3) is 7.26. The van der Waals surface area contributed by atoms with Gasteiger partial charge in [0.1, 0.15) is 5.25 Å². The number of hydrogen-bond acceptors (Lipinski definition) is 4. The van der Waals surface area contributed by atoms with Gasteiger partial charge in [-0.25, -0.2) is 17.9 Å². The number of halogens is 2. The quantitative estimate of drug-likeness (QED) is 0.655. The van der Waals surface area contributed by atoms with E-state index >= 15 is 0 Å². The molecule has 2 rings (SSSR count). The molecule has 0 spiro atoms. The van der Waals surface area contributed by atoms with Crippen molar-refractivity contribution in [2.75, 3.05) is 5.32 Å². The van der Waals surface area contributed by atoms with Crippen molar-refractivity contribution in [2.45, 2.75) is 69.5 Å². The first-order chi connectivity index (χ1) is 13.3. The first-order valence-electron chi connectivity index (χ1n) is 9.60. The van der Waals surface area contributed by atoms with Crippen LogP contribution in [0.4, 0.5) is 10.5 Å². The lowest BCUT2D eigenvalue weighted by Gasteiger charge is -2.18. The lowest BCUT2D eigenvalue weighted by atomic mass is 10.0. The molecule has 156 valence electrons. The van der Waals surface area contributed by atoms with Gasteiger partial charge in [0.05, 0.1) is 10.0 Å². The van der Waals surface area contributed by atoms with Gasteiger partial charge in [-0.1, -0.05) is 68.1 Å². The minimum absolute atomic E-state index is 0.222. The molecule has 1 aliphatic rings. The van der Waals surface area contributed by atoms with Crippen molar-refractivity contribution in [1.29, 1.82) is 0 Å². The average Bonchev–Trinajstić information content (AvgIpc) is 2.60. The number of hydrogen-bond donors (Lipinski definition) is 2. The Morgan fingerprint density at radius 1 is 0.929 bits per heavy atom. The Hall–Kier alpha value is -1.31. The number of rotatable bonds is 3. The summed E-state index contributed by atoms with van der Waals surface area (Å²) in [5, 5.41) is 1.75. The molecule has 1 atom stereocenters. The maximum atomic E-state index is 12.7. The molecule has 1 fully saturated rings. The topological polar surface area (TPSA) is 92.3 Å². The molecule has 0 aliphatic heterocycles. The molecule has 1 saturated carbocycles. The van der Waals surface area contributed by atoms with Crippen molar-refractivity contribution >= 4 is 50.7 Å². The predicted octanol–water partition coefficient (Wildman–Crippen LogP) is 5.30. The third-order valence-corrected chi connectivity index (χ3v) is 7.24. The number of anilines is 1. The van der Waals surface area contributed by atoms with E-state index in [2.05, 4.69) is 5.32 Å². The lowest BCUT2D eigenvalue weighted by molar-refractivity contribution is -0.118. The van der Waals surface area contributed by atoms with Crippen LogP contribution in [0.15, 0.2) is 18.2 Å². The van der Waals surface area contributed by atoms with Gasteiger partial charge >= 0.3 is 6.03 Å². The van der Waals surface area contributed by atoms with Gasteiger partial charge in [0.2, 0.25) is 10.0 Å². The number of ketones is 1. The number of sulfonamides is 1. The second-order valence-electron chi connectivity index (χ2n) is 7.05. The van der Waals surface area contributed by atoms with Crippen LogP contribution in [0.5, 0.6) is 0 Å². The molecule has 0 heterocycles. The van der Waals surface area contributed by atoms with E-state index in [4.69, 9.17) is 23.2 Å². The van der Waals surface area contributed by atoms with Gasteiger partial charge in [0, 0.05) is 12.1 Å². The summed E-state index contributed by atoms with van der Waals surface area (Å²) >= 11 is 11.7. The summed E-state index contributed by atoms with van der Waals surface area (Å²) in [5.74, 6) is -0.324. The van der Waals surface area contributed by atoms with Crippen LogP contribution in [0.25, 0.3) is 0 Å². The number of carbonyl (C=O) groups excluding carboxylic acids is 2. The van der Waals surface area contributed by atoms with Gasteiger partial charge in [0.15, 0.2) is 5.78 Å². The molecule has 28 heavy (non-hydrogen) atoms. The summed E-state index contributed by atoms with van der Waals surface area (Å²) in [7, 11) is -4.13. The summed E-state index contributed by atoms with van der Waals surface area (Å²) in [6.07, 6.45) is 7.97. The van der Waals surface area contributed by atoms with Gasteiger partial charge in [-0.15, -0.1) is 0 Å². The number of amides is 2. The Morgan fingerprint density at radius 3 is 2.18 bits per heavy atom. The molecule has 2 amide bonds. The molecule has 1 aromatic carbocycles. The van der Waals surface area contributed by atoms with E-state index in [1.807, 2.05) is 4.72 Å². The van der Waals surface area contributed by atoms with E-state index in [1.54, 1.807) is 0 Å². The van der Waals surface area contributed by atoms with E-state index < -0.39 is 21.3 Å². The van der Waals surface area contributed by atoms with Crippen LogP contribution in [0, 0.1) is 0 Å². The fourth-order valence-electron chi connectivity index (χ4n) is 3.27. The van der Waals surface area contributed by atoms with Gasteiger partial charge in [-0.3, -0.25) is 4.79 Å². The van der Waals surface area contributed by atoms with Gasteiger partial charge < -0.3 is 5.32 Å². The van der Waals surface area contributed by atoms with Crippen molar-refractivity contribution < 1.29 is 18.0 Å². The highest BCUT2D eigenvalue weighted by molar-refractivity contribution is 7.91. The zero-order valence-corrected chi connectivity index (χ0v) is 18.0. The van der Waals surface area contributed by atoms with Gasteiger partial charge in [-0.2, -0.15) is 0 Å². The first-order valence-corrected chi connectivity index (χ1v) is 11.9. The average molecular weight is 449 g/mol. The normalized spacial score (nSPS) is 19.9. The standard InChI is InChI=1S/C19H26Cl2N2O4S/c20-15-12-11-14(13-16(15)21)22-19(25)23-28(26,27)18-10-8-6-4-2-1-3-5-7-9-17(18)24/h11-13,18H,1-10H2,(H2,22,23,25). The Labute approximate surface area is 176 Å². The van der Waals surface area contributed by atoms with Gasteiger partial charge in [0.25, 0.3) is 0 Å². The van der Waals surface area contributed by atoms with Crippen LogP contribution in [-0.2, 0) is 14.8 Å². The van der Waals surface area contributed by atoms with Crippen LogP contribution >= 0.6 is 23.2 Å². The SMILES string of the molecule is O=C(Nc1ccc(Cl)c(Cl)c1)NS(=O)(=O)C1CCCCCCCCCCC1=O. The number of benzene rings is 1. The molecule has 2 N–H and O–H groups in total. The Morgan fingerprint density at radius 2 is 1.54 bits per heavy atom. The highest BCUT2D eigenvalue weighted by Crippen LogP contribution is 2.25. The van der Waals surface area contributed by atoms with Crippen molar-refractivity contribution in [3.8, 4) is 0 Å². The number of carbonyl (C=O) groups is 2. The van der Waals surface area contributed by atoms with E-state index in [1.165, 1.54) is 18.2 Å². The van der Waals surface area contributed by atoms with Crippen LogP contribution in [0.2, 0.25) is 10.0 Å². The second-order valence-corrected chi connectivity index (χ2v) is 9.73. The fraction of sp³-hybridized carbons (Fsp3) is 0.579. The molecular weight excluding hydrogens is 423 g/mol. The molecule has 0 aromatic heterocycles. The summed E-state index contributed by atoms with van der Waals surface area (Å²) in [4.78, 5) is 24.7. The zero-order chi connectivity index (χ0) is 20.6. The Kier molecular flexibility index (Phi) is 9.05. The van der Waals surface area contributed by atoms with Crippen molar-refractivity contribution in [3.05, 3.63) is 28.2 Å². The number of nitrogens with one attached hydrogen (secondary N) is 2. The minimum Gasteiger partial charge on any atom is -0.307 e. The summed E-state index contributed by atoms with van der Waals surface area (Å²) < 4.78 is 27.4. The third-order valence-electron chi connectivity index (χ3n) is 4.79. The van der Waals surface area contributed by atoms with E-state index in [9.17, 15) is 18.0 Å². The maximum Gasteiger partial charge on any atom is 0.332 e. The van der Waals surface area contributed by atoms with Gasteiger partial charge in [-0.05, 0) is 31.0 Å². The van der Waals surface area contributed by atoms with E-state index in [0.717, 1.165) is 38.5 Å². The van der Waals surface area contributed by atoms with Crippen molar-refractivity contribution in [1.82, 2.24) is 4.72 Å². The summed E-state index contributed by atoms with van der Waals surface area (Å²) in [6, 6.07) is 3.47. The maximum absolute atomic E-state index is 12.7. The second kappa shape index (κ2) is 11.0. The molecule has 1 unspecified atom stereocenters. The zero-order valence-electron chi connectivity index (χ0n) is 15.7. The largest absolute Gasteiger partial charge is 0.332 e. The first kappa shape index (κ1) is 23.0. The molecule has 1 aromatic rings. The summed E-state index contributed by atoms with van der Waals surface area (Å²) in [6.45, 7) is 0. The van der Waals surface area contributed by atoms with Crippen LogP contribution in [0.3, 0.4) is 0 Å². The lowest BCUT2D eigenvalue weighted by Crippen LogP contribution is -2.44. The Bertz CT molecular complexity index is 799. The van der Waals surface area contributed by atoms with E-state index in [0.29, 0.717) is 23.6 Å². The number of urea groups is 1. The fourth-order valence-corrected chi connectivity index (χ4v) is 4.96. The molecule has 1 aliphatic carbocycles. The molecule has 6 nitrogen and oxygen atoms in total. The molecule has 0 bridgehead atoms. The molecule has 9 heteroatoms.